The number of nitrogens with zero attached hydrogens (tertiary/aromatic N) is 1. The average Bonchev–Trinajstić information content (AvgIpc) is 3.09. The molecule has 0 saturated carbocycles. The van der Waals surface area contributed by atoms with Crippen LogP contribution in [0.25, 0.3) is 0 Å². The average molecular weight is 368 g/mol. The minimum atomic E-state index is 0.0130. The van der Waals surface area contributed by atoms with E-state index in [-0.39, 0.29) is 17.9 Å². The molecular formula is C21H41N3O2. The van der Waals surface area contributed by atoms with Crippen LogP contribution in [0.4, 0.5) is 0 Å². The van der Waals surface area contributed by atoms with Crippen LogP contribution in [0.3, 0.4) is 0 Å². The van der Waals surface area contributed by atoms with Gasteiger partial charge in [-0.05, 0) is 19.3 Å². The molecular weight excluding hydrogens is 326 g/mol. The normalized spacial score (nSPS) is 16.8. The van der Waals surface area contributed by atoms with Crippen LogP contribution in [0.15, 0.2) is 0 Å². The summed E-state index contributed by atoms with van der Waals surface area (Å²) in [5.74, 6) is 0.248. The van der Waals surface area contributed by atoms with Crippen LogP contribution < -0.4 is 11.1 Å². The third-order valence-electron chi connectivity index (χ3n) is 5.33. The van der Waals surface area contributed by atoms with E-state index in [1.807, 2.05) is 4.90 Å². The first-order chi connectivity index (χ1) is 12.7. The Hall–Kier alpha value is -1.10. The largest absolute Gasteiger partial charge is 0.355 e. The number of carbonyl (C=O) groups is 2. The predicted molar refractivity (Wildman–Crippen MR) is 108 cm³/mol. The van der Waals surface area contributed by atoms with Crippen molar-refractivity contribution in [2.75, 3.05) is 19.6 Å². The molecule has 0 aliphatic carbocycles. The van der Waals surface area contributed by atoms with Gasteiger partial charge in [-0.15, -0.1) is 0 Å². The SMILES string of the molecule is CCCCCCCCCCCCC(=O)N1CCCC1CC(=O)NCCN. The van der Waals surface area contributed by atoms with Crippen LogP contribution in [-0.2, 0) is 9.59 Å². The standard InChI is InChI=1S/C21H41N3O2/c1-2-3-4-5-6-7-8-9-10-11-14-21(26)24-17-12-13-19(24)18-20(25)23-16-15-22/h19H,2-18,22H2,1H3,(H,23,25). The number of hydrogen-bond acceptors (Lipinski definition) is 3. The van der Waals surface area contributed by atoms with Gasteiger partial charge >= 0.3 is 0 Å². The molecule has 0 aromatic carbocycles. The Morgan fingerprint density at radius 1 is 1.00 bits per heavy atom. The fraction of sp³-hybridized carbons (Fsp3) is 0.905. The third-order valence-corrected chi connectivity index (χ3v) is 5.33. The van der Waals surface area contributed by atoms with Gasteiger partial charge in [-0.1, -0.05) is 64.7 Å². The summed E-state index contributed by atoms with van der Waals surface area (Å²) in [6.07, 6.45) is 15.8. The first kappa shape index (κ1) is 22.9. The van der Waals surface area contributed by atoms with Crippen molar-refractivity contribution in [2.45, 2.75) is 103 Å². The highest BCUT2D eigenvalue weighted by atomic mass is 16.2. The monoisotopic (exact) mass is 367 g/mol. The lowest BCUT2D eigenvalue weighted by Crippen LogP contribution is -2.39. The number of likely N-dealkylation sites (tertiary alicyclic amines) is 1. The summed E-state index contributed by atoms with van der Waals surface area (Å²) < 4.78 is 0. The first-order valence-electron chi connectivity index (χ1n) is 10.9. The van der Waals surface area contributed by atoms with E-state index in [0.717, 1.165) is 32.2 Å². The minimum Gasteiger partial charge on any atom is -0.355 e. The molecule has 2 amide bonds. The van der Waals surface area contributed by atoms with E-state index in [4.69, 9.17) is 5.73 Å². The zero-order valence-corrected chi connectivity index (χ0v) is 16.9. The third kappa shape index (κ3) is 10.1. The van der Waals surface area contributed by atoms with Crippen LogP contribution in [-0.4, -0.2) is 42.4 Å². The van der Waals surface area contributed by atoms with Gasteiger partial charge < -0.3 is 16.0 Å². The summed E-state index contributed by atoms with van der Waals surface area (Å²) in [5.41, 5.74) is 5.41. The highest BCUT2D eigenvalue weighted by Gasteiger charge is 2.29. The molecule has 0 aromatic heterocycles. The second kappa shape index (κ2) is 15.0. The van der Waals surface area contributed by atoms with Gasteiger partial charge in [0.15, 0.2) is 0 Å². The lowest BCUT2D eigenvalue weighted by atomic mass is 10.1. The minimum absolute atomic E-state index is 0.0130. The topological polar surface area (TPSA) is 75.4 Å². The van der Waals surface area contributed by atoms with Gasteiger partial charge in [0.1, 0.15) is 0 Å². The van der Waals surface area contributed by atoms with Crippen LogP contribution in [0.5, 0.6) is 0 Å². The highest BCUT2D eigenvalue weighted by Crippen LogP contribution is 2.22. The van der Waals surface area contributed by atoms with E-state index in [1.165, 1.54) is 51.4 Å². The lowest BCUT2D eigenvalue weighted by Gasteiger charge is -2.24. The first-order valence-corrected chi connectivity index (χ1v) is 10.9. The van der Waals surface area contributed by atoms with Gasteiger partial charge in [0.2, 0.25) is 11.8 Å². The molecule has 3 N–H and O–H groups in total. The maximum absolute atomic E-state index is 12.5. The summed E-state index contributed by atoms with van der Waals surface area (Å²) in [4.78, 5) is 26.3. The van der Waals surface area contributed by atoms with Crippen molar-refractivity contribution in [3.63, 3.8) is 0 Å². The van der Waals surface area contributed by atoms with Gasteiger partial charge in [0.05, 0.1) is 0 Å². The van der Waals surface area contributed by atoms with E-state index in [1.54, 1.807) is 0 Å². The second-order valence-electron chi connectivity index (χ2n) is 7.66. The molecule has 0 radical (unpaired) electrons. The molecule has 0 spiro atoms. The van der Waals surface area contributed by atoms with E-state index in [2.05, 4.69) is 12.2 Å². The van der Waals surface area contributed by atoms with Crippen LogP contribution >= 0.6 is 0 Å². The molecule has 0 bridgehead atoms. The maximum Gasteiger partial charge on any atom is 0.222 e. The van der Waals surface area contributed by atoms with Crippen molar-refractivity contribution in [2.24, 2.45) is 5.73 Å². The molecule has 152 valence electrons. The molecule has 26 heavy (non-hydrogen) atoms. The van der Waals surface area contributed by atoms with Crippen molar-refractivity contribution in [3.05, 3.63) is 0 Å². The molecule has 5 nitrogen and oxygen atoms in total. The van der Waals surface area contributed by atoms with Gasteiger partial charge in [-0.2, -0.15) is 0 Å². The molecule has 1 unspecified atom stereocenters. The Labute approximate surface area is 160 Å². The number of hydrogen-bond donors (Lipinski definition) is 2. The quantitative estimate of drug-likeness (QED) is 0.433. The molecule has 1 aliphatic rings. The van der Waals surface area contributed by atoms with Crippen molar-refractivity contribution in [1.29, 1.82) is 0 Å². The van der Waals surface area contributed by atoms with Crippen LogP contribution in [0, 0.1) is 0 Å². The second-order valence-corrected chi connectivity index (χ2v) is 7.66. The zero-order valence-electron chi connectivity index (χ0n) is 16.9. The van der Waals surface area contributed by atoms with Gasteiger partial charge in [0, 0.05) is 38.5 Å². The number of amides is 2. The van der Waals surface area contributed by atoms with Gasteiger partial charge in [-0.3, -0.25) is 9.59 Å². The van der Waals surface area contributed by atoms with Crippen molar-refractivity contribution < 1.29 is 9.59 Å². The lowest BCUT2D eigenvalue weighted by molar-refractivity contribution is -0.133. The van der Waals surface area contributed by atoms with Gasteiger partial charge in [-0.25, -0.2) is 0 Å². The maximum atomic E-state index is 12.5. The zero-order chi connectivity index (χ0) is 19.0. The summed E-state index contributed by atoms with van der Waals surface area (Å²) >= 11 is 0. The summed E-state index contributed by atoms with van der Waals surface area (Å²) in [7, 11) is 0. The molecule has 1 rings (SSSR count). The summed E-state index contributed by atoms with van der Waals surface area (Å²) in [6.45, 7) is 4.03. The van der Waals surface area contributed by atoms with Crippen molar-refractivity contribution in [3.8, 4) is 0 Å². The van der Waals surface area contributed by atoms with Gasteiger partial charge in [0.25, 0.3) is 0 Å². The van der Waals surface area contributed by atoms with E-state index in [9.17, 15) is 9.59 Å². The van der Waals surface area contributed by atoms with E-state index >= 15 is 0 Å². The number of carbonyl (C=O) groups excluding carboxylic acids is 2. The Bertz CT molecular complexity index is 387. The molecule has 1 heterocycles. The molecule has 1 fully saturated rings. The fourth-order valence-electron chi connectivity index (χ4n) is 3.78. The predicted octanol–water partition coefficient (Wildman–Crippen LogP) is 3.75. The number of rotatable bonds is 15. The Morgan fingerprint density at radius 3 is 2.23 bits per heavy atom. The number of unbranched alkanes of at least 4 members (excludes halogenated alkanes) is 9. The number of nitrogens with two attached hydrogens (primary N) is 1. The molecule has 5 heteroatoms. The number of nitrogens with one attached hydrogen (secondary N) is 1. The van der Waals surface area contributed by atoms with Crippen molar-refractivity contribution in [1.82, 2.24) is 10.2 Å². The Balaban J connectivity index is 2.07. The summed E-state index contributed by atoms with van der Waals surface area (Å²) in [6, 6.07) is 0.0865. The molecule has 1 aliphatic heterocycles. The van der Waals surface area contributed by atoms with E-state index in [0.29, 0.717) is 25.9 Å². The van der Waals surface area contributed by atoms with Crippen molar-refractivity contribution >= 4 is 11.8 Å². The Kier molecular flexibility index (Phi) is 13.2. The van der Waals surface area contributed by atoms with Crippen LogP contribution in [0.2, 0.25) is 0 Å². The molecule has 1 atom stereocenters. The Morgan fingerprint density at radius 2 is 1.62 bits per heavy atom. The highest BCUT2D eigenvalue weighted by molar-refractivity contribution is 5.80. The summed E-state index contributed by atoms with van der Waals surface area (Å²) in [5, 5.41) is 2.80. The fourth-order valence-corrected chi connectivity index (χ4v) is 3.78. The molecule has 0 aromatic rings. The van der Waals surface area contributed by atoms with E-state index < -0.39 is 0 Å². The van der Waals surface area contributed by atoms with Crippen LogP contribution in [0.1, 0.15) is 96.8 Å². The smallest absolute Gasteiger partial charge is 0.222 e. The molecule has 1 saturated heterocycles.